The van der Waals surface area contributed by atoms with E-state index in [1.165, 1.54) is 24.3 Å². The molecular weight excluding hydrogens is 372 g/mol. The molecule has 28 heavy (non-hydrogen) atoms. The van der Waals surface area contributed by atoms with Gasteiger partial charge in [0.25, 0.3) is 0 Å². The molecule has 0 bridgehead atoms. The summed E-state index contributed by atoms with van der Waals surface area (Å²) in [5.74, 6) is 0.593. The van der Waals surface area contributed by atoms with Crippen LogP contribution in [0.4, 0.5) is 25.0 Å². The molecule has 3 rings (SSSR count). The highest BCUT2D eigenvalue weighted by atomic mass is 19.3. The summed E-state index contributed by atoms with van der Waals surface area (Å²) in [6, 6.07) is 11.8. The summed E-state index contributed by atoms with van der Waals surface area (Å²) in [6.07, 6.45) is 0.181. The molecule has 2 aromatic rings. The lowest BCUT2D eigenvalue weighted by Crippen LogP contribution is -2.39. The number of benzene rings is 2. The molecule has 3 amide bonds. The molecule has 148 valence electrons. The van der Waals surface area contributed by atoms with E-state index >= 15 is 0 Å². The van der Waals surface area contributed by atoms with Gasteiger partial charge in [0.2, 0.25) is 5.91 Å². The van der Waals surface area contributed by atoms with E-state index in [9.17, 15) is 18.4 Å². The molecule has 1 aliphatic heterocycles. The summed E-state index contributed by atoms with van der Waals surface area (Å²) in [6.45, 7) is -2.56. The lowest BCUT2D eigenvalue weighted by Gasteiger charge is -2.18. The van der Waals surface area contributed by atoms with E-state index in [0.717, 1.165) is 5.69 Å². The minimum atomic E-state index is -2.91. The van der Waals surface area contributed by atoms with E-state index in [2.05, 4.69) is 15.4 Å². The van der Waals surface area contributed by atoms with Gasteiger partial charge in [0.05, 0.1) is 13.2 Å². The Hall–Kier alpha value is -3.36. The second-order valence-electron chi connectivity index (χ2n) is 6.10. The van der Waals surface area contributed by atoms with Gasteiger partial charge in [0, 0.05) is 24.3 Å². The number of anilines is 2. The zero-order chi connectivity index (χ0) is 20.1. The second kappa shape index (κ2) is 8.55. The fourth-order valence-corrected chi connectivity index (χ4v) is 2.89. The van der Waals surface area contributed by atoms with Crippen LogP contribution in [0.25, 0.3) is 0 Å². The maximum atomic E-state index is 12.3. The van der Waals surface area contributed by atoms with E-state index < -0.39 is 12.6 Å². The maximum Gasteiger partial charge on any atom is 0.387 e. The van der Waals surface area contributed by atoms with Crippen LogP contribution in [-0.2, 0) is 4.79 Å². The second-order valence-corrected chi connectivity index (χ2v) is 6.10. The van der Waals surface area contributed by atoms with Crippen LogP contribution < -0.4 is 25.0 Å². The first-order chi connectivity index (χ1) is 13.4. The summed E-state index contributed by atoms with van der Waals surface area (Å²) < 4.78 is 33.6. The fraction of sp³-hybridized carbons (Fsp3) is 0.263. The van der Waals surface area contributed by atoms with Crippen LogP contribution in [0.1, 0.15) is 6.42 Å². The Bertz CT molecular complexity index is 828. The van der Waals surface area contributed by atoms with Crippen molar-refractivity contribution < 1.29 is 27.8 Å². The molecule has 0 saturated carbocycles. The number of halogens is 2. The molecule has 0 radical (unpaired) electrons. The van der Waals surface area contributed by atoms with Crippen molar-refractivity contribution in [2.24, 2.45) is 0 Å². The van der Waals surface area contributed by atoms with Gasteiger partial charge < -0.3 is 25.0 Å². The molecule has 0 spiro atoms. The van der Waals surface area contributed by atoms with Crippen molar-refractivity contribution in [3.05, 3.63) is 48.5 Å². The third kappa shape index (κ3) is 4.87. The molecule has 0 aliphatic carbocycles. The van der Waals surface area contributed by atoms with E-state index in [-0.39, 0.29) is 24.1 Å². The molecule has 1 fully saturated rings. The highest BCUT2D eigenvalue weighted by Crippen LogP contribution is 2.24. The number of hydrogen-bond donors (Lipinski definition) is 2. The first-order valence-corrected chi connectivity index (χ1v) is 8.51. The average molecular weight is 391 g/mol. The standard InChI is InChI=1S/C19H19F2N3O4/c1-27-15-8-4-14(5-9-15)24-11-13(10-17(24)25)23-19(26)22-12-2-6-16(7-3-12)28-18(20)21/h2-9,13,18H,10-11H2,1H3,(H2,22,23,26). The van der Waals surface area contributed by atoms with Gasteiger partial charge in [0.1, 0.15) is 11.5 Å². The number of urea groups is 1. The van der Waals surface area contributed by atoms with Crippen LogP contribution in [0.3, 0.4) is 0 Å². The van der Waals surface area contributed by atoms with E-state index in [4.69, 9.17) is 4.74 Å². The number of methoxy groups -OCH3 is 1. The molecule has 2 aromatic carbocycles. The topological polar surface area (TPSA) is 79.9 Å². The minimum Gasteiger partial charge on any atom is -0.497 e. The number of nitrogens with one attached hydrogen (secondary N) is 2. The average Bonchev–Trinajstić information content (AvgIpc) is 3.03. The Kier molecular flexibility index (Phi) is 5.93. The van der Waals surface area contributed by atoms with Crippen LogP contribution in [0, 0.1) is 0 Å². The number of amides is 3. The smallest absolute Gasteiger partial charge is 0.387 e. The predicted octanol–water partition coefficient (Wildman–Crippen LogP) is 3.22. The molecule has 9 heteroatoms. The molecule has 1 atom stereocenters. The Morgan fingerprint density at radius 3 is 2.36 bits per heavy atom. The van der Waals surface area contributed by atoms with E-state index in [0.29, 0.717) is 18.0 Å². The molecule has 2 N–H and O–H groups in total. The summed E-state index contributed by atoms with van der Waals surface area (Å²) in [5.41, 5.74) is 1.14. The van der Waals surface area contributed by atoms with Gasteiger partial charge >= 0.3 is 12.6 Å². The number of rotatable bonds is 6. The quantitative estimate of drug-likeness (QED) is 0.793. The van der Waals surface area contributed by atoms with Gasteiger partial charge in [-0.2, -0.15) is 8.78 Å². The molecule has 1 unspecified atom stereocenters. The van der Waals surface area contributed by atoms with Crippen molar-refractivity contribution in [1.29, 1.82) is 0 Å². The van der Waals surface area contributed by atoms with Crippen molar-refractivity contribution in [3.8, 4) is 11.5 Å². The third-order valence-electron chi connectivity index (χ3n) is 4.18. The number of ether oxygens (including phenoxy) is 2. The zero-order valence-corrected chi connectivity index (χ0v) is 15.0. The number of alkyl halides is 2. The Balaban J connectivity index is 1.53. The van der Waals surface area contributed by atoms with Crippen LogP contribution in [0.5, 0.6) is 11.5 Å². The minimum absolute atomic E-state index is 0.00233. The SMILES string of the molecule is COc1ccc(N2CC(NC(=O)Nc3ccc(OC(F)F)cc3)CC2=O)cc1. The van der Waals surface area contributed by atoms with E-state index in [1.54, 1.807) is 36.3 Å². The lowest BCUT2D eigenvalue weighted by molar-refractivity contribution is -0.117. The van der Waals surface area contributed by atoms with Crippen molar-refractivity contribution >= 4 is 23.3 Å². The van der Waals surface area contributed by atoms with Gasteiger partial charge in [-0.15, -0.1) is 0 Å². The van der Waals surface area contributed by atoms with Gasteiger partial charge in [-0.05, 0) is 48.5 Å². The zero-order valence-electron chi connectivity index (χ0n) is 15.0. The van der Waals surface area contributed by atoms with Crippen molar-refractivity contribution in [2.75, 3.05) is 23.9 Å². The van der Waals surface area contributed by atoms with E-state index in [1.807, 2.05) is 0 Å². The summed E-state index contributed by atoms with van der Waals surface area (Å²) in [7, 11) is 1.56. The van der Waals surface area contributed by atoms with Gasteiger partial charge in [-0.3, -0.25) is 4.79 Å². The Morgan fingerprint density at radius 1 is 1.11 bits per heavy atom. The molecular formula is C19H19F2N3O4. The highest BCUT2D eigenvalue weighted by Gasteiger charge is 2.31. The van der Waals surface area contributed by atoms with Crippen molar-refractivity contribution in [1.82, 2.24) is 5.32 Å². The lowest BCUT2D eigenvalue weighted by atomic mass is 10.2. The molecule has 1 saturated heterocycles. The summed E-state index contributed by atoms with van der Waals surface area (Å²) in [5, 5.41) is 5.33. The van der Waals surface area contributed by atoms with Crippen molar-refractivity contribution in [3.63, 3.8) is 0 Å². The monoisotopic (exact) mass is 391 g/mol. The Morgan fingerprint density at radius 2 is 1.75 bits per heavy atom. The number of hydrogen-bond acceptors (Lipinski definition) is 4. The first-order valence-electron chi connectivity index (χ1n) is 8.51. The normalized spacial score (nSPS) is 16.2. The van der Waals surface area contributed by atoms with Crippen LogP contribution in [0.15, 0.2) is 48.5 Å². The Labute approximate surface area is 160 Å². The maximum absolute atomic E-state index is 12.3. The summed E-state index contributed by atoms with van der Waals surface area (Å²) in [4.78, 5) is 26.0. The largest absolute Gasteiger partial charge is 0.497 e. The van der Waals surface area contributed by atoms with Gasteiger partial charge in [-0.1, -0.05) is 0 Å². The third-order valence-corrected chi connectivity index (χ3v) is 4.18. The number of carbonyl (C=O) groups is 2. The summed E-state index contributed by atoms with van der Waals surface area (Å²) >= 11 is 0. The van der Waals surface area contributed by atoms with Crippen LogP contribution in [-0.4, -0.2) is 38.2 Å². The molecule has 7 nitrogen and oxygen atoms in total. The molecule has 1 heterocycles. The van der Waals surface area contributed by atoms with Gasteiger partial charge in [-0.25, -0.2) is 4.79 Å². The van der Waals surface area contributed by atoms with Crippen LogP contribution in [0.2, 0.25) is 0 Å². The van der Waals surface area contributed by atoms with Gasteiger partial charge in [0.15, 0.2) is 0 Å². The molecule has 1 aliphatic rings. The molecule has 0 aromatic heterocycles. The van der Waals surface area contributed by atoms with Crippen LogP contribution >= 0.6 is 0 Å². The number of nitrogens with zero attached hydrogens (tertiary/aromatic N) is 1. The highest BCUT2D eigenvalue weighted by molar-refractivity contribution is 5.97. The number of carbonyl (C=O) groups excluding carboxylic acids is 2. The fourth-order valence-electron chi connectivity index (χ4n) is 2.89. The first kappa shape index (κ1) is 19.4. The predicted molar refractivity (Wildman–Crippen MR) is 99.0 cm³/mol. The van der Waals surface area contributed by atoms with Crippen molar-refractivity contribution in [2.45, 2.75) is 19.1 Å².